The summed E-state index contributed by atoms with van der Waals surface area (Å²) in [6, 6.07) is 0. The van der Waals surface area contributed by atoms with Crippen LogP contribution in [0.15, 0.2) is 46.9 Å². The SMILES string of the molecule is CC(C=Cc1c(C)csc1C)=C/C=C/C(C)=CC(=O)O. The van der Waals surface area contributed by atoms with Crippen LogP contribution in [0.2, 0.25) is 0 Å². The molecule has 20 heavy (non-hydrogen) atoms. The van der Waals surface area contributed by atoms with Crippen molar-refractivity contribution in [3.63, 3.8) is 0 Å². The minimum atomic E-state index is -0.920. The smallest absolute Gasteiger partial charge is 0.328 e. The maximum absolute atomic E-state index is 10.5. The van der Waals surface area contributed by atoms with Gasteiger partial charge in [-0.2, -0.15) is 0 Å². The van der Waals surface area contributed by atoms with Crippen LogP contribution in [0.3, 0.4) is 0 Å². The molecule has 0 spiro atoms. The van der Waals surface area contributed by atoms with E-state index in [4.69, 9.17) is 5.11 Å². The van der Waals surface area contributed by atoms with Crippen LogP contribution in [0, 0.1) is 13.8 Å². The first kappa shape index (κ1) is 16.2. The number of thiophene rings is 1. The van der Waals surface area contributed by atoms with Crippen molar-refractivity contribution in [2.75, 3.05) is 0 Å². The van der Waals surface area contributed by atoms with E-state index in [9.17, 15) is 4.79 Å². The van der Waals surface area contributed by atoms with E-state index in [1.165, 1.54) is 22.1 Å². The Balaban J connectivity index is 2.72. The van der Waals surface area contributed by atoms with Crippen molar-refractivity contribution in [3.8, 4) is 0 Å². The zero-order valence-corrected chi connectivity index (χ0v) is 13.1. The number of allylic oxidation sites excluding steroid dienone is 6. The molecule has 0 saturated heterocycles. The quantitative estimate of drug-likeness (QED) is 0.617. The van der Waals surface area contributed by atoms with Gasteiger partial charge in [-0.15, -0.1) is 11.3 Å². The molecule has 0 aliphatic rings. The lowest BCUT2D eigenvalue weighted by molar-refractivity contribution is -0.131. The largest absolute Gasteiger partial charge is 0.478 e. The summed E-state index contributed by atoms with van der Waals surface area (Å²) < 4.78 is 0. The first-order valence-electron chi connectivity index (χ1n) is 6.39. The summed E-state index contributed by atoms with van der Waals surface area (Å²) in [7, 11) is 0. The molecule has 1 rings (SSSR count). The number of hydrogen-bond acceptors (Lipinski definition) is 2. The first-order chi connectivity index (χ1) is 9.40. The van der Waals surface area contributed by atoms with Gasteiger partial charge in [0, 0.05) is 11.0 Å². The minimum absolute atomic E-state index is 0.718. The van der Waals surface area contributed by atoms with Crippen LogP contribution >= 0.6 is 11.3 Å². The third-order valence-corrected chi connectivity index (χ3v) is 3.84. The van der Waals surface area contributed by atoms with Gasteiger partial charge >= 0.3 is 5.97 Å². The number of carboxylic acids is 1. The van der Waals surface area contributed by atoms with Crippen molar-refractivity contribution in [2.45, 2.75) is 27.7 Å². The second-order valence-electron chi connectivity index (χ2n) is 4.72. The van der Waals surface area contributed by atoms with Crippen LogP contribution in [-0.4, -0.2) is 11.1 Å². The van der Waals surface area contributed by atoms with E-state index in [1.54, 1.807) is 24.3 Å². The molecule has 0 atom stereocenters. The highest BCUT2D eigenvalue weighted by Gasteiger charge is 1.99. The van der Waals surface area contributed by atoms with Gasteiger partial charge in [-0.25, -0.2) is 4.79 Å². The number of hydrogen-bond donors (Lipinski definition) is 1. The van der Waals surface area contributed by atoms with Crippen LogP contribution in [0.5, 0.6) is 0 Å². The average molecular weight is 288 g/mol. The number of carbonyl (C=O) groups is 1. The summed E-state index contributed by atoms with van der Waals surface area (Å²) in [5.74, 6) is -0.920. The molecule has 0 aliphatic heterocycles. The molecule has 0 unspecified atom stereocenters. The molecule has 1 heterocycles. The van der Waals surface area contributed by atoms with Crippen molar-refractivity contribution in [2.24, 2.45) is 0 Å². The molecule has 0 saturated carbocycles. The summed E-state index contributed by atoms with van der Waals surface area (Å²) in [6.07, 6.45) is 11.0. The van der Waals surface area contributed by atoms with Gasteiger partial charge in [0.05, 0.1) is 0 Å². The zero-order chi connectivity index (χ0) is 15.1. The Labute approximate surface area is 124 Å². The van der Waals surface area contributed by atoms with Gasteiger partial charge in [0.25, 0.3) is 0 Å². The number of rotatable bonds is 5. The van der Waals surface area contributed by atoms with E-state index in [2.05, 4.69) is 31.4 Å². The van der Waals surface area contributed by atoms with Crippen molar-refractivity contribution >= 4 is 23.4 Å². The molecule has 2 nitrogen and oxygen atoms in total. The second kappa shape index (κ2) is 7.65. The van der Waals surface area contributed by atoms with Crippen molar-refractivity contribution in [1.29, 1.82) is 0 Å². The van der Waals surface area contributed by atoms with Gasteiger partial charge in [0.2, 0.25) is 0 Å². The fourth-order valence-electron chi connectivity index (χ4n) is 1.70. The summed E-state index contributed by atoms with van der Waals surface area (Å²) in [5.41, 5.74) is 4.42. The Hall–Kier alpha value is -1.87. The molecule has 1 N–H and O–H groups in total. The lowest BCUT2D eigenvalue weighted by Crippen LogP contribution is -1.87. The van der Waals surface area contributed by atoms with E-state index in [1.807, 2.05) is 19.1 Å². The molecule has 0 radical (unpaired) electrons. The Bertz CT molecular complexity index is 579. The van der Waals surface area contributed by atoms with Gasteiger partial charge in [-0.3, -0.25) is 0 Å². The Kier molecular flexibility index (Phi) is 6.19. The number of aryl methyl sites for hydroxylation is 2. The fourth-order valence-corrected chi connectivity index (χ4v) is 2.53. The monoisotopic (exact) mass is 288 g/mol. The fraction of sp³-hybridized carbons (Fsp3) is 0.235. The minimum Gasteiger partial charge on any atom is -0.478 e. The number of carboxylic acid groups (broad SMARTS) is 1. The highest BCUT2D eigenvalue weighted by atomic mass is 32.1. The van der Waals surface area contributed by atoms with Gasteiger partial charge in [-0.05, 0) is 49.8 Å². The van der Waals surface area contributed by atoms with E-state index in [0.29, 0.717) is 0 Å². The van der Waals surface area contributed by atoms with Crippen molar-refractivity contribution < 1.29 is 9.90 Å². The van der Waals surface area contributed by atoms with E-state index in [-0.39, 0.29) is 0 Å². The summed E-state index contributed by atoms with van der Waals surface area (Å²) >= 11 is 1.76. The molecule has 1 aromatic rings. The average Bonchev–Trinajstić information content (AvgIpc) is 2.65. The standard InChI is InChI=1S/C17H20O2S/c1-12(6-5-7-13(2)10-17(18)19)8-9-16-14(3)11-20-15(16)4/h5-11H,1-4H3,(H,18,19)/b7-5+,9-8?,12-6?,13-10?. The van der Waals surface area contributed by atoms with E-state index in [0.717, 1.165) is 11.1 Å². The lowest BCUT2D eigenvalue weighted by atomic mass is 10.1. The molecule has 0 aliphatic carbocycles. The molecule has 0 aromatic carbocycles. The van der Waals surface area contributed by atoms with Crippen LogP contribution < -0.4 is 0 Å². The predicted molar refractivity (Wildman–Crippen MR) is 87.1 cm³/mol. The highest BCUT2D eigenvalue weighted by Crippen LogP contribution is 2.22. The normalized spacial score (nSPS) is 13.6. The summed E-state index contributed by atoms with van der Waals surface area (Å²) in [6.45, 7) is 8.02. The van der Waals surface area contributed by atoms with Gasteiger partial charge in [0.1, 0.15) is 0 Å². The second-order valence-corrected chi connectivity index (χ2v) is 5.80. The van der Waals surface area contributed by atoms with Gasteiger partial charge in [-0.1, -0.05) is 36.0 Å². The zero-order valence-electron chi connectivity index (χ0n) is 12.3. The van der Waals surface area contributed by atoms with Crippen LogP contribution in [0.4, 0.5) is 0 Å². The van der Waals surface area contributed by atoms with E-state index < -0.39 is 5.97 Å². The molecule has 106 valence electrons. The molecule has 1 aromatic heterocycles. The summed E-state index contributed by atoms with van der Waals surface area (Å²) in [5, 5.41) is 10.8. The van der Waals surface area contributed by atoms with Crippen molar-refractivity contribution in [1.82, 2.24) is 0 Å². The third-order valence-electron chi connectivity index (χ3n) is 2.80. The topological polar surface area (TPSA) is 37.3 Å². The molecular weight excluding hydrogens is 268 g/mol. The Morgan fingerprint density at radius 1 is 1.20 bits per heavy atom. The van der Waals surface area contributed by atoms with Crippen molar-refractivity contribution in [3.05, 3.63) is 62.9 Å². The summed E-state index contributed by atoms with van der Waals surface area (Å²) in [4.78, 5) is 11.8. The molecule has 0 fully saturated rings. The maximum atomic E-state index is 10.5. The highest BCUT2D eigenvalue weighted by molar-refractivity contribution is 7.10. The Morgan fingerprint density at radius 2 is 1.90 bits per heavy atom. The first-order valence-corrected chi connectivity index (χ1v) is 7.27. The van der Waals surface area contributed by atoms with Crippen LogP contribution in [0.25, 0.3) is 6.08 Å². The maximum Gasteiger partial charge on any atom is 0.328 e. The molecule has 0 bridgehead atoms. The lowest BCUT2D eigenvalue weighted by Gasteiger charge is -1.94. The molecule has 3 heteroatoms. The van der Waals surface area contributed by atoms with Crippen LogP contribution in [-0.2, 0) is 4.79 Å². The molecule has 0 amide bonds. The Morgan fingerprint density at radius 3 is 2.45 bits per heavy atom. The van der Waals surface area contributed by atoms with Gasteiger partial charge in [0.15, 0.2) is 0 Å². The van der Waals surface area contributed by atoms with Gasteiger partial charge < -0.3 is 5.11 Å². The third kappa shape index (κ3) is 5.41. The van der Waals surface area contributed by atoms with E-state index >= 15 is 0 Å². The van der Waals surface area contributed by atoms with Crippen LogP contribution in [0.1, 0.15) is 29.9 Å². The predicted octanol–water partition coefficient (Wildman–Crippen LogP) is 4.91. The number of aliphatic carboxylic acids is 1. The molecular formula is C17H20O2S.